The third-order valence-corrected chi connectivity index (χ3v) is 0.569. The zero-order valence-corrected chi connectivity index (χ0v) is 4.46. The summed E-state index contributed by atoms with van der Waals surface area (Å²) in [7, 11) is 0. The number of hydrogen-bond donors (Lipinski definition) is 1. The van der Waals surface area contributed by atoms with E-state index < -0.39 is 0 Å². The molecule has 0 saturated heterocycles. The van der Waals surface area contributed by atoms with Crippen LogP contribution in [0.5, 0.6) is 0 Å². The Morgan fingerprint density at radius 1 is 1.43 bits per heavy atom. The topological polar surface area (TPSA) is 20.2 Å². The Labute approximate surface area is 44.0 Å². The van der Waals surface area contributed by atoms with Crippen LogP contribution < -0.4 is 0 Å². The van der Waals surface area contributed by atoms with Gasteiger partial charge >= 0.3 is 0 Å². The second kappa shape index (κ2) is 5.28. The van der Waals surface area contributed by atoms with Gasteiger partial charge in [-0.15, -0.1) is 0 Å². The van der Waals surface area contributed by atoms with Gasteiger partial charge in [-0.05, 0) is 12.5 Å². The van der Waals surface area contributed by atoms with Crippen LogP contribution in [-0.4, -0.2) is 5.11 Å². The van der Waals surface area contributed by atoms with E-state index in [2.05, 4.69) is 0 Å². The maximum Gasteiger partial charge on any atom is 0.0791 e. The summed E-state index contributed by atoms with van der Waals surface area (Å²) in [4.78, 5) is 0. The summed E-state index contributed by atoms with van der Waals surface area (Å²) < 4.78 is 0. The van der Waals surface area contributed by atoms with Crippen molar-refractivity contribution in [1.29, 1.82) is 0 Å². The molecule has 1 nitrogen and oxygen atoms in total. The van der Waals surface area contributed by atoms with Gasteiger partial charge in [0.15, 0.2) is 0 Å². The highest BCUT2D eigenvalue weighted by atomic mass is 16.2. The lowest BCUT2D eigenvalue weighted by atomic mass is 10.4. The zero-order valence-electron chi connectivity index (χ0n) is 4.46. The van der Waals surface area contributed by atoms with Gasteiger partial charge in [0.2, 0.25) is 0 Å². The second-order valence-electron chi connectivity index (χ2n) is 1.18. The average Bonchev–Trinajstić information content (AvgIpc) is 1.69. The van der Waals surface area contributed by atoms with E-state index in [0.29, 0.717) is 0 Å². The molecule has 0 aliphatic rings. The van der Waals surface area contributed by atoms with E-state index in [9.17, 15) is 0 Å². The van der Waals surface area contributed by atoms with Gasteiger partial charge in [-0.2, -0.15) is 0 Å². The summed E-state index contributed by atoms with van der Waals surface area (Å²) in [5, 5.41) is 8.06. The number of aliphatic hydroxyl groups is 1. The third kappa shape index (κ3) is 5.28. The summed E-state index contributed by atoms with van der Waals surface area (Å²) in [6.07, 6.45) is 7.40. The minimum atomic E-state index is 1.02. The van der Waals surface area contributed by atoms with Crippen molar-refractivity contribution in [3.05, 3.63) is 24.5 Å². The number of rotatable bonds is 2. The van der Waals surface area contributed by atoms with E-state index in [4.69, 9.17) is 5.11 Å². The molecule has 0 aromatic heterocycles. The molecule has 0 saturated carbocycles. The van der Waals surface area contributed by atoms with Crippen molar-refractivity contribution in [2.24, 2.45) is 0 Å². The van der Waals surface area contributed by atoms with E-state index in [1.54, 1.807) is 12.2 Å². The SMILES string of the molecule is CC/C=C/C=C/O. The Morgan fingerprint density at radius 3 is 2.57 bits per heavy atom. The molecule has 0 aliphatic heterocycles. The fourth-order valence-corrected chi connectivity index (χ4v) is 0.264. The first-order valence-electron chi connectivity index (χ1n) is 2.37. The van der Waals surface area contributed by atoms with Crippen LogP contribution in [0.4, 0.5) is 0 Å². The van der Waals surface area contributed by atoms with Crippen LogP contribution in [0.25, 0.3) is 0 Å². The Kier molecular flexibility index (Phi) is 4.74. The van der Waals surface area contributed by atoms with Crippen LogP contribution >= 0.6 is 0 Å². The summed E-state index contributed by atoms with van der Waals surface area (Å²) in [6, 6.07) is 0. The zero-order chi connectivity index (χ0) is 5.54. The van der Waals surface area contributed by atoms with Gasteiger partial charge in [-0.1, -0.05) is 19.1 Å². The van der Waals surface area contributed by atoms with Gasteiger partial charge in [0, 0.05) is 0 Å². The molecule has 1 heteroatoms. The molecule has 40 valence electrons. The Bertz CT molecular complexity index is 72.2. The van der Waals surface area contributed by atoms with Crippen LogP contribution in [0.2, 0.25) is 0 Å². The van der Waals surface area contributed by atoms with Crippen molar-refractivity contribution in [2.75, 3.05) is 0 Å². The van der Waals surface area contributed by atoms with E-state index in [-0.39, 0.29) is 0 Å². The molecule has 0 radical (unpaired) electrons. The lowest BCUT2D eigenvalue weighted by Gasteiger charge is -1.70. The van der Waals surface area contributed by atoms with Crippen LogP contribution in [0.15, 0.2) is 24.5 Å². The van der Waals surface area contributed by atoms with Gasteiger partial charge in [0.25, 0.3) is 0 Å². The molecule has 0 atom stereocenters. The Morgan fingerprint density at radius 2 is 2.14 bits per heavy atom. The fraction of sp³-hybridized carbons (Fsp3) is 0.333. The largest absolute Gasteiger partial charge is 0.516 e. The van der Waals surface area contributed by atoms with Gasteiger partial charge in [0.05, 0.1) is 6.26 Å². The van der Waals surface area contributed by atoms with Crippen molar-refractivity contribution in [3.63, 3.8) is 0 Å². The van der Waals surface area contributed by atoms with E-state index in [1.807, 2.05) is 13.0 Å². The molecule has 0 bridgehead atoms. The summed E-state index contributed by atoms with van der Waals surface area (Å²) in [6.45, 7) is 2.04. The molecule has 0 heterocycles. The van der Waals surface area contributed by atoms with Crippen molar-refractivity contribution in [3.8, 4) is 0 Å². The second-order valence-corrected chi connectivity index (χ2v) is 1.18. The molecule has 0 amide bonds. The van der Waals surface area contributed by atoms with Gasteiger partial charge in [0.1, 0.15) is 0 Å². The van der Waals surface area contributed by atoms with Gasteiger partial charge < -0.3 is 5.11 Å². The molecule has 7 heavy (non-hydrogen) atoms. The lowest BCUT2D eigenvalue weighted by Crippen LogP contribution is -1.50. The molecule has 0 aliphatic carbocycles. The number of aliphatic hydroxyl groups excluding tert-OH is 1. The van der Waals surface area contributed by atoms with Crippen LogP contribution in [0.1, 0.15) is 13.3 Å². The highest BCUT2D eigenvalue weighted by Gasteiger charge is 1.58. The molecule has 1 N–H and O–H groups in total. The predicted octanol–water partition coefficient (Wildman–Crippen LogP) is 2.02. The maximum atomic E-state index is 8.06. The average molecular weight is 98.1 g/mol. The molecule has 0 fully saturated rings. The monoisotopic (exact) mass is 98.1 g/mol. The summed E-state index contributed by atoms with van der Waals surface area (Å²) in [5.74, 6) is 0. The number of hydrogen-bond acceptors (Lipinski definition) is 1. The summed E-state index contributed by atoms with van der Waals surface area (Å²) in [5.41, 5.74) is 0. The molecular formula is C6H10O. The summed E-state index contributed by atoms with van der Waals surface area (Å²) >= 11 is 0. The van der Waals surface area contributed by atoms with E-state index in [0.717, 1.165) is 12.7 Å². The minimum Gasteiger partial charge on any atom is -0.516 e. The molecule has 0 aromatic rings. The van der Waals surface area contributed by atoms with Crippen molar-refractivity contribution < 1.29 is 5.11 Å². The number of allylic oxidation sites excluding steroid dienone is 3. The standard InChI is InChI=1S/C6H10O/c1-2-3-4-5-6-7/h3-7H,2H2,1H3/b4-3+,6-5+. The van der Waals surface area contributed by atoms with Crippen LogP contribution in [-0.2, 0) is 0 Å². The quantitative estimate of drug-likeness (QED) is 0.414. The maximum absolute atomic E-state index is 8.06. The highest BCUT2D eigenvalue weighted by molar-refractivity contribution is 4.98. The van der Waals surface area contributed by atoms with E-state index >= 15 is 0 Å². The van der Waals surface area contributed by atoms with Crippen molar-refractivity contribution in [1.82, 2.24) is 0 Å². The van der Waals surface area contributed by atoms with Crippen molar-refractivity contribution in [2.45, 2.75) is 13.3 Å². The first-order chi connectivity index (χ1) is 3.41. The highest BCUT2D eigenvalue weighted by Crippen LogP contribution is 1.78. The minimum absolute atomic E-state index is 1.02. The van der Waals surface area contributed by atoms with E-state index in [1.165, 1.54) is 0 Å². The molecule has 0 unspecified atom stereocenters. The predicted molar refractivity (Wildman–Crippen MR) is 31.2 cm³/mol. The smallest absolute Gasteiger partial charge is 0.0791 e. The molecule has 0 spiro atoms. The molecular weight excluding hydrogens is 88.1 g/mol. The lowest BCUT2D eigenvalue weighted by molar-refractivity contribution is 0.473. The first-order valence-corrected chi connectivity index (χ1v) is 2.37. The van der Waals surface area contributed by atoms with Crippen LogP contribution in [0, 0.1) is 0 Å². The first kappa shape index (κ1) is 6.28. The van der Waals surface area contributed by atoms with Crippen LogP contribution in [0.3, 0.4) is 0 Å². The fourth-order valence-electron chi connectivity index (χ4n) is 0.264. The van der Waals surface area contributed by atoms with Crippen molar-refractivity contribution >= 4 is 0 Å². The normalized spacial score (nSPS) is 11.6. The molecule has 0 aromatic carbocycles. The van der Waals surface area contributed by atoms with Gasteiger partial charge in [-0.25, -0.2) is 0 Å². The Balaban J connectivity index is 3.09. The molecule has 0 rings (SSSR count). The third-order valence-electron chi connectivity index (χ3n) is 0.569. The van der Waals surface area contributed by atoms with Gasteiger partial charge in [-0.3, -0.25) is 0 Å². The Hall–Kier alpha value is -0.720.